The molecule has 2 aliphatic heterocycles. The summed E-state index contributed by atoms with van der Waals surface area (Å²) in [5.41, 5.74) is 5.19. The van der Waals surface area contributed by atoms with E-state index in [0.717, 1.165) is 163 Å². The van der Waals surface area contributed by atoms with Gasteiger partial charge in [-0.25, -0.2) is 0 Å². The Morgan fingerprint density at radius 2 is 0.868 bits per heavy atom. The number of esters is 2. The molecular weight excluding hydrogens is 1050 g/mol. The SMILES string of the molecule is O=C(CCCCCCCCCCCCC(=O)OCN1C(=O)CCc2ccc(OCCCCNCCNc3cccc(Cl)c3Cl)cc21)OCN1C(=O)CCc2ccc(OCCCCNCCNc3cccc(Cl)c3Cl)cc21. The maximum Gasteiger partial charge on any atom is 0.307 e. The lowest BCUT2D eigenvalue weighted by Crippen LogP contribution is -2.37. The Bertz CT molecular complexity index is 2300. The van der Waals surface area contributed by atoms with Crippen LogP contribution < -0.4 is 40.5 Å². The number of nitrogens with zero attached hydrogens (tertiary/aromatic N) is 2. The van der Waals surface area contributed by atoms with Crippen LogP contribution in [0.2, 0.25) is 20.1 Å². The lowest BCUT2D eigenvalue weighted by atomic mass is 10.0. The molecule has 2 amide bonds. The Hall–Kier alpha value is -4.96. The molecular formula is C58H76Cl4N6O8. The molecule has 0 saturated carbocycles. The zero-order valence-electron chi connectivity index (χ0n) is 43.8. The van der Waals surface area contributed by atoms with Crippen molar-refractivity contribution in [2.75, 3.05) is 86.4 Å². The van der Waals surface area contributed by atoms with Gasteiger partial charge in [0, 0.05) is 64.0 Å². The van der Waals surface area contributed by atoms with Crippen LogP contribution in [0, 0.1) is 0 Å². The molecule has 76 heavy (non-hydrogen) atoms. The smallest absolute Gasteiger partial charge is 0.307 e. The molecule has 4 N–H and O–H groups in total. The number of hydrogen-bond acceptors (Lipinski definition) is 12. The van der Waals surface area contributed by atoms with E-state index in [4.69, 9.17) is 65.4 Å². The molecule has 0 radical (unpaired) electrons. The number of rotatable bonds is 37. The van der Waals surface area contributed by atoms with E-state index in [9.17, 15) is 19.2 Å². The van der Waals surface area contributed by atoms with Crippen molar-refractivity contribution in [2.45, 2.75) is 128 Å². The fourth-order valence-corrected chi connectivity index (χ4v) is 9.79. The number of anilines is 4. The number of carbonyl (C=O) groups is 4. The lowest BCUT2D eigenvalue weighted by molar-refractivity contribution is -0.145. The molecule has 18 heteroatoms. The van der Waals surface area contributed by atoms with Crippen LogP contribution in [0.15, 0.2) is 72.8 Å². The first-order valence-corrected chi connectivity index (χ1v) is 28.8. The maximum absolute atomic E-state index is 12.9. The van der Waals surface area contributed by atoms with Gasteiger partial charge < -0.3 is 40.2 Å². The molecule has 2 aliphatic rings. The molecule has 6 rings (SSSR count). The number of nitrogens with one attached hydrogen (secondary N) is 4. The number of ether oxygens (including phenoxy) is 4. The molecule has 0 saturated heterocycles. The highest BCUT2D eigenvalue weighted by molar-refractivity contribution is 6.44. The highest BCUT2D eigenvalue weighted by atomic mass is 35.5. The summed E-state index contributed by atoms with van der Waals surface area (Å²) < 4.78 is 23.3. The summed E-state index contributed by atoms with van der Waals surface area (Å²) in [6, 6.07) is 22.7. The van der Waals surface area contributed by atoms with Crippen molar-refractivity contribution >= 4 is 92.9 Å². The van der Waals surface area contributed by atoms with Crippen molar-refractivity contribution < 1.29 is 38.1 Å². The van der Waals surface area contributed by atoms with Crippen molar-refractivity contribution in [1.29, 1.82) is 0 Å². The van der Waals surface area contributed by atoms with Gasteiger partial charge in [-0.15, -0.1) is 0 Å². The topological polar surface area (TPSA) is 160 Å². The standard InChI is InChI=1S/C58H76Cl4N6O8/c59-47-17-15-19-49(57(47)61)65-35-33-63-31-11-13-37-73-45-27-23-43-25-29-53(69)67(51(43)39-45)41-75-55(71)21-9-7-5-3-1-2-4-6-8-10-22-56(72)76-42-68-52-40-46(28-24-44(52)26-30-54(68)70)74-38-14-12-32-64-34-36-66-50-20-16-18-48(60)58(50)62/h15-20,23-24,27-28,39-40,63-66H,1-14,21-22,25-26,29-38,41-42H2. The number of benzene rings is 4. The van der Waals surface area contributed by atoms with Gasteiger partial charge in [0.15, 0.2) is 13.5 Å². The van der Waals surface area contributed by atoms with Gasteiger partial charge in [-0.2, -0.15) is 0 Å². The van der Waals surface area contributed by atoms with Crippen molar-refractivity contribution in [3.63, 3.8) is 0 Å². The number of hydrogen-bond donors (Lipinski definition) is 4. The fraction of sp³-hybridized carbons (Fsp3) is 0.517. The van der Waals surface area contributed by atoms with Crippen LogP contribution in [0.1, 0.15) is 127 Å². The Kier molecular flexibility index (Phi) is 27.0. The largest absolute Gasteiger partial charge is 0.494 e. The first kappa shape index (κ1) is 60.3. The average Bonchev–Trinajstić information content (AvgIpc) is 3.41. The third kappa shape index (κ3) is 20.8. The number of unbranched alkanes of at least 4 members (excludes halogenated alkanes) is 11. The molecule has 0 bridgehead atoms. The van der Waals surface area contributed by atoms with Crippen LogP contribution in [0.5, 0.6) is 11.5 Å². The van der Waals surface area contributed by atoms with E-state index in [1.165, 1.54) is 0 Å². The van der Waals surface area contributed by atoms with Crippen molar-refractivity contribution in [2.24, 2.45) is 0 Å². The zero-order chi connectivity index (χ0) is 53.7. The average molecular weight is 1130 g/mol. The third-order valence-corrected chi connectivity index (χ3v) is 15.0. The van der Waals surface area contributed by atoms with Crippen LogP contribution in [-0.4, -0.2) is 89.7 Å². The second-order valence-electron chi connectivity index (χ2n) is 19.2. The van der Waals surface area contributed by atoms with E-state index in [1.807, 2.05) is 60.7 Å². The van der Waals surface area contributed by atoms with Crippen LogP contribution in [0.4, 0.5) is 22.7 Å². The van der Waals surface area contributed by atoms with E-state index in [0.29, 0.717) is 83.3 Å². The van der Waals surface area contributed by atoms with Gasteiger partial charge >= 0.3 is 11.9 Å². The quantitative estimate of drug-likeness (QED) is 0.0250. The van der Waals surface area contributed by atoms with Crippen molar-refractivity contribution in [1.82, 2.24) is 10.6 Å². The summed E-state index contributed by atoms with van der Waals surface area (Å²) in [5, 5.41) is 15.5. The van der Waals surface area contributed by atoms with Crippen LogP contribution in [0.3, 0.4) is 0 Å². The molecule has 4 aromatic rings. The fourth-order valence-electron chi connectivity index (χ4n) is 9.05. The van der Waals surface area contributed by atoms with Gasteiger partial charge in [-0.1, -0.05) is 122 Å². The van der Waals surface area contributed by atoms with E-state index in [1.54, 1.807) is 21.9 Å². The molecule has 414 valence electrons. The van der Waals surface area contributed by atoms with Gasteiger partial charge in [-0.05, 0) is 112 Å². The predicted molar refractivity (Wildman–Crippen MR) is 307 cm³/mol. The molecule has 0 aromatic heterocycles. The molecule has 0 spiro atoms. The van der Waals surface area contributed by atoms with Crippen molar-refractivity contribution in [3.8, 4) is 11.5 Å². The van der Waals surface area contributed by atoms with Crippen LogP contribution >= 0.6 is 46.4 Å². The second-order valence-corrected chi connectivity index (χ2v) is 20.8. The number of fused-ring (bicyclic) bond motifs is 2. The first-order valence-electron chi connectivity index (χ1n) is 27.3. The summed E-state index contributed by atoms with van der Waals surface area (Å²) in [5.74, 6) is 0.647. The summed E-state index contributed by atoms with van der Waals surface area (Å²) in [6.45, 7) is 5.62. The molecule has 4 aromatic carbocycles. The molecule has 0 unspecified atom stereocenters. The van der Waals surface area contributed by atoms with E-state index >= 15 is 0 Å². The molecule has 0 aliphatic carbocycles. The third-order valence-electron chi connectivity index (χ3n) is 13.4. The number of carbonyl (C=O) groups excluding carboxylic acids is 4. The second kappa shape index (κ2) is 34.0. The monoisotopic (exact) mass is 1120 g/mol. The molecule has 0 atom stereocenters. The summed E-state index contributed by atoms with van der Waals surface area (Å²) >= 11 is 24.6. The minimum atomic E-state index is -0.297. The van der Waals surface area contributed by atoms with Crippen molar-refractivity contribution in [3.05, 3.63) is 104 Å². The van der Waals surface area contributed by atoms with Gasteiger partial charge in [0.2, 0.25) is 11.8 Å². The maximum atomic E-state index is 12.9. The highest BCUT2D eigenvalue weighted by Gasteiger charge is 2.27. The van der Waals surface area contributed by atoms with E-state index in [-0.39, 0.29) is 37.2 Å². The van der Waals surface area contributed by atoms with E-state index < -0.39 is 0 Å². The molecule has 2 heterocycles. The van der Waals surface area contributed by atoms with Gasteiger partial charge in [0.05, 0.1) is 56.1 Å². The highest BCUT2D eigenvalue weighted by Crippen LogP contribution is 2.34. The zero-order valence-corrected chi connectivity index (χ0v) is 46.8. The Labute approximate surface area is 469 Å². The van der Waals surface area contributed by atoms with Gasteiger partial charge in [0.25, 0.3) is 0 Å². The predicted octanol–water partition coefficient (Wildman–Crippen LogP) is 13.0. The summed E-state index contributed by atoms with van der Waals surface area (Å²) in [4.78, 5) is 54.3. The Morgan fingerprint density at radius 3 is 1.29 bits per heavy atom. The number of halogens is 4. The van der Waals surface area contributed by atoms with Crippen LogP contribution in [0.25, 0.3) is 0 Å². The number of amides is 2. The van der Waals surface area contributed by atoms with Gasteiger partial charge in [0.1, 0.15) is 11.5 Å². The summed E-state index contributed by atoms with van der Waals surface area (Å²) in [6.07, 6.45) is 16.3. The van der Waals surface area contributed by atoms with Gasteiger partial charge in [-0.3, -0.25) is 29.0 Å². The minimum Gasteiger partial charge on any atom is -0.494 e. The lowest BCUT2D eigenvalue weighted by Gasteiger charge is -2.29. The summed E-state index contributed by atoms with van der Waals surface area (Å²) in [7, 11) is 0. The number of aryl methyl sites for hydroxylation is 2. The first-order chi connectivity index (χ1) is 37.1. The normalized spacial score (nSPS) is 13.1. The Morgan fingerprint density at radius 1 is 0.461 bits per heavy atom. The minimum absolute atomic E-state index is 0.0657. The Balaban J connectivity index is 0.735. The molecule has 0 fully saturated rings. The van der Waals surface area contributed by atoms with E-state index in [2.05, 4.69) is 21.3 Å². The molecule has 14 nitrogen and oxygen atoms in total. The van der Waals surface area contributed by atoms with Crippen LogP contribution in [-0.2, 0) is 41.5 Å².